The van der Waals surface area contributed by atoms with E-state index >= 15 is 0 Å². The number of hydrogen-bond donors (Lipinski definition) is 0. The molecule has 1 atom stereocenters. The van der Waals surface area contributed by atoms with Gasteiger partial charge in [-0.1, -0.05) is 74.5 Å². The van der Waals surface area contributed by atoms with E-state index in [9.17, 15) is 9.59 Å². The molecule has 3 aromatic carbocycles. The quantitative estimate of drug-likeness (QED) is 0.319. The molecule has 2 heterocycles. The fraction of sp³-hybridized carbons (Fsp3) is 0.312. The first kappa shape index (κ1) is 24.8. The zero-order valence-corrected chi connectivity index (χ0v) is 22.1. The van der Waals surface area contributed by atoms with Crippen LogP contribution in [0.1, 0.15) is 66.8 Å². The fourth-order valence-electron chi connectivity index (χ4n) is 5.36. The van der Waals surface area contributed by atoms with Gasteiger partial charge in [0.25, 0.3) is 5.91 Å². The van der Waals surface area contributed by atoms with Gasteiger partial charge < -0.3 is 14.4 Å². The van der Waals surface area contributed by atoms with E-state index in [0.717, 1.165) is 28.6 Å². The smallest absolute Gasteiger partial charge is 0.255 e. The van der Waals surface area contributed by atoms with Crippen LogP contribution in [0.2, 0.25) is 0 Å². The Morgan fingerprint density at radius 2 is 1.59 bits per heavy atom. The molecule has 5 nitrogen and oxygen atoms in total. The van der Waals surface area contributed by atoms with Crippen LogP contribution in [0.25, 0.3) is 10.8 Å². The Morgan fingerprint density at radius 1 is 0.865 bits per heavy atom. The van der Waals surface area contributed by atoms with Gasteiger partial charge in [-0.3, -0.25) is 9.59 Å². The number of aromatic nitrogens is 1. The lowest BCUT2D eigenvalue weighted by atomic mass is 9.95. The van der Waals surface area contributed by atoms with Gasteiger partial charge in [0.1, 0.15) is 6.54 Å². The summed E-state index contributed by atoms with van der Waals surface area (Å²) in [6.07, 6.45) is 2.08. The first-order chi connectivity index (χ1) is 17.8. The van der Waals surface area contributed by atoms with Crippen molar-refractivity contribution in [1.82, 2.24) is 14.4 Å². The molecule has 37 heavy (non-hydrogen) atoms. The van der Waals surface area contributed by atoms with Gasteiger partial charge in [0.15, 0.2) is 0 Å². The van der Waals surface area contributed by atoms with Crippen LogP contribution in [-0.2, 0) is 11.3 Å². The Labute approximate surface area is 219 Å². The molecule has 0 saturated heterocycles. The average Bonchev–Trinajstić information content (AvgIpc) is 3.39. The Kier molecular flexibility index (Phi) is 6.88. The van der Waals surface area contributed by atoms with Crippen molar-refractivity contribution in [1.29, 1.82) is 0 Å². The minimum Gasteiger partial charge on any atom is -0.348 e. The van der Waals surface area contributed by atoms with Crippen LogP contribution in [0, 0.1) is 0 Å². The van der Waals surface area contributed by atoms with Crippen LogP contribution < -0.4 is 0 Å². The van der Waals surface area contributed by atoms with Gasteiger partial charge in [0.05, 0.1) is 6.04 Å². The van der Waals surface area contributed by atoms with Crippen molar-refractivity contribution in [3.8, 4) is 0 Å². The number of carbonyl (C=O) groups is 2. The molecule has 1 aliphatic heterocycles. The van der Waals surface area contributed by atoms with E-state index in [1.165, 1.54) is 5.56 Å². The maximum Gasteiger partial charge on any atom is 0.255 e. The molecule has 0 saturated carbocycles. The van der Waals surface area contributed by atoms with E-state index in [4.69, 9.17) is 0 Å². The molecule has 190 valence electrons. The third kappa shape index (κ3) is 4.78. The van der Waals surface area contributed by atoms with E-state index in [-0.39, 0.29) is 30.4 Å². The Morgan fingerprint density at radius 3 is 2.32 bits per heavy atom. The molecule has 0 fully saturated rings. The Bertz CT molecular complexity index is 1410. The van der Waals surface area contributed by atoms with E-state index in [1.807, 2.05) is 67.3 Å². The fourth-order valence-corrected chi connectivity index (χ4v) is 5.36. The summed E-state index contributed by atoms with van der Waals surface area (Å²) in [6, 6.07) is 26.1. The van der Waals surface area contributed by atoms with E-state index in [0.29, 0.717) is 18.0 Å². The molecule has 0 bridgehead atoms. The van der Waals surface area contributed by atoms with Crippen LogP contribution in [0.3, 0.4) is 0 Å². The standard InChI is InChI=1S/C32H35N3O2/c1-22(2)24-14-16-26(17-15-24)31-29-13-8-18-33(29)19-20-34(31)30(36)21-35(23(3)4)32(37)28-12-7-10-25-9-5-6-11-27(25)28/h5-18,22-23,31H,19-21H2,1-4H3. The number of amides is 2. The summed E-state index contributed by atoms with van der Waals surface area (Å²) in [4.78, 5) is 31.4. The van der Waals surface area contributed by atoms with Crippen LogP contribution in [0.4, 0.5) is 0 Å². The lowest BCUT2D eigenvalue weighted by Gasteiger charge is -2.39. The highest BCUT2D eigenvalue weighted by Gasteiger charge is 2.34. The summed E-state index contributed by atoms with van der Waals surface area (Å²) in [6.45, 7) is 9.70. The predicted molar refractivity (Wildman–Crippen MR) is 149 cm³/mol. The number of hydrogen-bond acceptors (Lipinski definition) is 2. The number of benzene rings is 3. The number of nitrogens with zero attached hydrogens (tertiary/aromatic N) is 3. The minimum absolute atomic E-state index is 0.0346. The van der Waals surface area contributed by atoms with E-state index < -0.39 is 0 Å². The van der Waals surface area contributed by atoms with Crippen molar-refractivity contribution in [2.75, 3.05) is 13.1 Å². The molecule has 0 radical (unpaired) electrons. The molecular formula is C32H35N3O2. The SMILES string of the molecule is CC(C)c1ccc(C2c3cccn3CCN2C(=O)CN(C(=O)c2cccc3ccccc23)C(C)C)cc1. The molecule has 2 amide bonds. The first-order valence-electron chi connectivity index (χ1n) is 13.2. The molecule has 1 aliphatic rings. The lowest BCUT2D eigenvalue weighted by molar-refractivity contribution is -0.135. The van der Waals surface area contributed by atoms with Crippen LogP contribution in [0.15, 0.2) is 85.1 Å². The van der Waals surface area contributed by atoms with Crippen molar-refractivity contribution >= 4 is 22.6 Å². The van der Waals surface area contributed by atoms with Gasteiger partial charge in [0, 0.05) is 36.6 Å². The van der Waals surface area contributed by atoms with Gasteiger partial charge in [-0.15, -0.1) is 0 Å². The highest BCUT2D eigenvalue weighted by atomic mass is 16.2. The second-order valence-electron chi connectivity index (χ2n) is 10.5. The summed E-state index contributed by atoms with van der Waals surface area (Å²) in [7, 11) is 0. The molecule has 4 aromatic rings. The topological polar surface area (TPSA) is 45.6 Å². The molecule has 1 unspecified atom stereocenters. The highest BCUT2D eigenvalue weighted by molar-refractivity contribution is 6.07. The van der Waals surface area contributed by atoms with Gasteiger partial charge in [-0.05, 0) is 59.9 Å². The molecule has 0 aliphatic carbocycles. The lowest BCUT2D eigenvalue weighted by Crippen LogP contribution is -2.49. The monoisotopic (exact) mass is 493 g/mol. The van der Waals surface area contributed by atoms with Crippen LogP contribution >= 0.6 is 0 Å². The molecule has 0 spiro atoms. The summed E-state index contributed by atoms with van der Waals surface area (Å²) in [5.74, 6) is 0.299. The van der Waals surface area contributed by atoms with Crippen molar-refractivity contribution in [2.45, 2.75) is 52.2 Å². The van der Waals surface area contributed by atoms with Crippen molar-refractivity contribution in [3.05, 3.63) is 107 Å². The van der Waals surface area contributed by atoms with Gasteiger partial charge >= 0.3 is 0 Å². The minimum atomic E-state index is -0.181. The molecule has 5 rings (SSSR count). The van der Waals surface area contributed by atoms with Crippen molar-refractivity contribution < 1.29 is 9.59 Å². The average molecular weight is 494 g/mol. The van der Waals surface area contributed by atoms with Crippen molar-refractivity contribution in [3.63, 3.8) is 0 Å². The number of fused-ring (bicyclic) bond motifs is 2. The second kappa shape index (κ2) is 10.3. The van der Waals surface area contributed by atoms with E-state index in [1.54, 1.807) is 4.90 Å². The first-order valence-corrected chi connectivity index (χ1v) is 13.2. The molecular weight excluding hydrogens is 458 g/mol. The zero-order valence-electron chi connectivity index (χ0n) is 22.1. The highest BCUT2D eigenvalue weighted by Crippen LogP contribution is 2.33. The number of carbonyl (C=O) groups excluding carboxylic acids is 2. The number of rotatable bonds is 6. The molecule has 5 heteroatoms. The van der Waals surface area contributed by atoms with Gasteiger partial charge in [0.2, 0.25) is 5.91 Å². The maximum absolute atomic E-state index is 13.9. The largest absolute Gasteiger partial charge is 0.348 e. The summed E-state index contributed by atoms with van der Waals surface area (Å²) < 4.78 is 2.23. The third-order valence-electron chi connectivity index (χ3n) is 7.49. The van der Waals surface area contributed by atoms with Crippen LogP contribution in [0.5, 0.6) is 0 Å². The van der Waals surface area contributed by atoms with Gasteiger partial charge in [-0.2, -0.15) is 0 Å². The molecule has 1 aromatic heterocycles. The normalized spacial score (nSPS) is 15.3. The van der Waals surface area contributed by atoms with Gasteiger partial charge in [-0.25, -0.2) is 0 Å². The third-order valence-corrected chi connectivity index (χ3v) is 7.49. The summed E-state index contributed by atoms with van der Waals surface area (Å²) in [5.41, 5.74) is 4.11. The Balaban J connectivity index is 1.45. The van der Waals surface area contributed by atoms with E-state index in [2.05, 4.69) is 54.9 Å². The summed E-state index contributed by atoms with van der Waals surface area (Å²) in [5, 5.41) is 1.93. The molecule has 0 N–H and O–H groups in total. The maximum atomic E-state index is 13.9. The van der Waals surface area contributed by atoms with Crippen LogP contribution in [-0.4, -0.2) is 45.3 Å². The zero-order chi connectivity index (χ0) is 26.1. The summed E-state index contributed by atoms with van der Waals surface area (Å²) >= 11 is 0. The Hall–Kier alpha value is -3.86. The second-order valence-corrected chi connectivity index (χ2v) is 10.5. The van der Waals surface area contributed by atoms with Crippen molar-refractivity contribution in [2.24, 2.45) is 0 Å². The predicted octanol–water partition coefficient (Wildman–Crippen LogP) is 6.25.